The van der Waals surface area contributed by atoms with Crippen LogP contribution in [0.25, 0.3) is 0 Å². The molecule has 1 saturated heterocycles. The van der Waals surface area contributed by atoms with E-state index < -0.39 is 0 Å². The number of nitrogens with zero attached hydrogens (tertiary/aromatic N) is 4. The van der Waals surface area contributed by atoms with Gasteiger partial charge in [-0.3, -0.25) is 4.68 Å². The summed E-state index contributed by atoms with van der Waals surface area (Å²) in [6.07, 6.45) is 0.958. The van der Waals surface area contributed by atoms with Crippen LogP contribution >= 0.6 is 0 Å². The van der Waals surface area contributed by atoms with Crippen molar-refractivity contribution in [3.8, 4) is 0 Å². The van der Waals surface area contributed by atoms with Crippen molar-refractivity contribution >= 4 is 11.7 Å². The Morgan fingerprint density at radius 3 is 2.94 bits per heavy atom. The minimum Gasteiger partial charge on any atom is -0.409 e. The number of aryl methyl sites for hydroxylation is 2. The van der Waals surface area contributed by atoms with Gasteiger partial charge in [0, 0.05) is 26.7 Å². The minimum absolute atomic E-state index is 0.0979. The number of hydrogen-bond donors (Lipinski definition) is 2. The topological polar surface area (TPSA) is 88.9 Å². The Hall–Kier alpha value is -1.76. The average molecular weight is 253 g/mol. The maximum atomic E-state index is 8.88. The molecule has 1 aliphatic rings. The summed E-state index contributed by atoms with van der Waals surface area (Å²) < 4.78 is 7.21. The van der Waals surface area contributed by atoms with Crippen molar-refractivity contribution in [2.45, 2.75) is 13.3 Å². The fraction of sp³-hybridized carbons (Fsp3) is 0.636. The van der Waals surface area contributed by atoms with Crippen LogP contribution in [0.15, 0.2) is 5.16 Å². The monoisotopic (exact) mass is 253 g/mol. The molecule has 100 valence electrons. The van der Waals surface area contributed by atoms with E-state index in [1.54, 1.807) is 4.68 Å². The van der Waals surface area contributed by atoms with E-state index in [1.165, 1.54) is 0 Å². The lowest BCUT2D eigenvalue weighted by Crippen LogP contribution is -2.30. The lowest BCUT2D eigenvalue weighted by atomic mass is 10.2. The van der Waals surface area contributed by atoms with Crippen LogP contribution in [0.4, 0.5) is 5.82 Å². The fourth-order valence-electron chi connectivity index (χ4n) is 2.32. The number of oxime groups is 1. The molecular weight excluding hydrogens is 234 g/mol. The van der Waals surface area contributed by atoms with Crippen LogP contribution in [0.2, 0.25) is 0 Å². The van der Waals surface area contributed by atoms with Crippen LogP contribution in [-0.4, -0.2) is 47.1 Å². The molecule has 1 aliphatic heterocycles. The molecule has 7 heteroatoms. The molecule has 0 spiro atoms. The van der Waals surface area contributed by atoms with E-state index in [-0.39, 0.29) is 5.84 Å². The van der Waals surface area contributed by atoms with E-state index in [2.05, 4.69) is 15.2 Å². The highest BCUT2D eigenvalue weighted by Crippen LogP contribution is 2.23. The molecule has 7 nitrogen and oxygen atoms in total. The van der Waals surface area contributed by atoms with Gasteiger partial charge in [0.05, 0.1) is 17.9 Å². The standard InChI is InChI=1S/C11H19N5O2/c1-8-9(10(12)14-17)11(15(2)13-8)16-4-3-6-18-7-5-16/h17H,3-7H2,1-2H3,(H2,12,14). The van der Waals surface area contributed by atoms with E-state index in [4.69, 9.17) is 15.7 Å². The lowest BCUT2D eigenvalue weighted by molar-refractivity contribution is 0.152. The van der Waals surface area contributed by atoms with E-state index in [0.29, 0.717) is 12.2 Å². The summed E-state index contributed by atoms with van der Waals surface area (Å²) in [5.41, 5.74) is 7.20. The highest BCUT2D eigenvalue weighted by molar-refractivity contribution is 6.02. The van der Waals surface area contributed by atoms with Gasteiger partial charge in [0.2, 0.25) is 0 Å². The van der Waals surface area contributed by atoms with E-state index >= 15 is 0 Å². The van der Waals surface area contributed by atoms with E-state index in [9.17, 15) is 0 Å². The van der Waals surface area contributed by atoms with Gasteiger partial charge in [-0.2, -0.15) is 5.10 Å². The van der Waals surface area contributed by atoms with Crippen molar-refractivity contribution in [2.75, 3.05) is 31.2 Å². The minimum atomic E-state index is 0.0979. The largest absolute Gasteiger partial charge is 0.409 e. The van der Waals surface area contributed by atoms with Gasteiger partial charge in [-0.1, -0.05) is 5.16 Å². The zero-order valence-corrected chi connectivity index (χ0v) is 10.8. The molecule has 0 amide bonds. The van der Waals surface area contributed by atoms with Gasteiger partial charge in [0.25, 0.3) is 0 Å². The summed E-state index contributed by atoms with van der Waals surface area (Å²) in [5.74, 6) is 0.981. The molecular formula is C11H19N5O2. The quantitative estimate of drug-likeness (QED) is 0.336. The number of ether oxygens (including phenoxy) is 1. The Morgan fingerprint density at radius 2 is 2.22 bits per heavy atom. The highest BCUT2D eigenvalue weighted by atomic mass is 16.5. The van der Waals surface area contributed by atoms with Gasteiger partial charge in [0.1, 0.15) is 5.82 Å². The van der Waals surface area contributed by atoms with Crippen molar-refractivity contribution in [3.05, 3.63) is 11.3 Å². The van der Waals surface area contributed by atoms with Crippen LogP contribution < -0.4 is 10.6 Å². The zero-order valence-electron chi connectivity index (χ0n) is 10.8. The van der Waals surface area contributed by atoms with Crippen molar-refractivity contribution in [1.29, 1.82) is 0 Å². The second-order valence-corrected chi connectivity index (χ2v) is 4.35. The number of amidine groups is 1. The number of hydrogen-bond acceptors (Lipinski definition) is 5. The third-order valence-corrected chi connectivity index (χ3v) is 3.08. The first-order valence-electron chi connectivity index (χ1n) is 5.99. The predicted octanol–water partition coefficient (Wildman–Crippen LogP) is 0.0497. The fourth-order valence-corrected chi connectivity index (χ4v) is 2.32. The van der Waals surface area contributed by atoms with Gasteiger partial charge in [-0.05, 0) is 13.3 Å². The highest BCUT2D eigenvalue weighted by Gasteiger charge is 2.23. The second-order valence-electron chi connectivity index (χ2n) is 4.35. The summed E-state index contributed by atoms with van der Waals surface area (Å²) >= 11 is 0. The molecule has 1 aromatic heterocycles. The molecule has 0 bridgehead atoms. The molecule has 0 aliphatic carbocycles. The summed E-state index contributed by atoms with van der Waals surface area (Å²) in [6, 6.07) is 0. The maximum Gasteiger partial charge on any atom is 0.175 e. The normalized spacial score (nSPS) is 17.9. The molecule has 0 unspecified atom stereocenters. The molecule has 3 N–H and O–H groups in total. The number of rotatable bonds is 2. The first kappa shape index (κ1) is 12.7. The third kappa shape index (κ3) is 2.26. The Labute approximate surface area is 106 Å². The number of nitrogens with two attached hydrogens (primary N) is 1. The zero-order chi connectivity index (χ0) is 13.1. The summed E-state index contributed by atoms with van der Waals surface area (Å²) in [7, 11) is 1.86. The van der Waals surface area contributed by atoms with Crippen LogP contribution in [0.3, 0.4) is 0 Å². The average Bonchev–Trinajstić information content (AvgIpc) is 2.58. The summed E-state index contributed by atoms with van der Waals surface area (Å²) in [6.45, 7) is 4.96. The molecule has 1 fully saturated rings. The van der Waals surface area contributed by atoms with Gasteiger partial charge < -0.3 is 20.6 Å². The molecule has 1 aromatic rings. The van der Waals surface area contributed by atoms with Crippen molar-refractivity contribution in [3.63, 3.8) is 0 Å². The van der Waals surface area contributed by atoms with Crippen molar-refractivity contribution < 1.29 is 9.94 Å². The van der Waals surface area contributed by atoms with E-state index in [0.717, 1.165) is 37.6 Å². The smallest absolute Gasteiger partial charge is 0.175 e. The van der Waals surface area contributed by atoms with Crippen molar-refractivity contribution in [2.24, 2.45) is 17.9 Å². The maximum absolute atomic E-state index is 8.88. The molecule has 2 heterocycles. The summed E-state index contributed by atoms with van der Waals surface area (Å²) in [4.78, 5) is 2.17. The Bertz CT molecular complexity index is 447. The van der Waals surface area contributed by atoms with Gasteiger partial charge >= 0.3 is 0 Å². The lowest BCUT2D eigenvalue weighted by Gasteiger charge is -2.23. The number of aromatic nitrogens is 2. The van der Waals surface area contributed by atoms with Gasteiger partial charge in [0.15, 0.2) is 5.84 Å². The first-order chi connectivity index (χ1) is 8.65. The molecule has 0 aromatic carbocycles. The van der Waals surface area contributed by atoms with Gasteiger partial charge in [-0.25, -0.2) is 0 Å². The Balaban J connectivity index is 2.41. The van der Waals surface area contributed by atoms with Crippen LogP contribution in [0.1, 0.15) is 17.7 Å². The number of anilines is 1. The van der Waals surface area contributed by atoms with Crippen molar-refractivity contribution in [1.82, 2.24) is 9.78 Å². The summed E-state index contributed by atoms with van der Waals surface area (Å²) in [5, 5.41) is 16.3. The van der Waals surface area contributed by atoms with Crippen LogP contribution in [0.5, 0.6) is 0 Å². The van der Waals surface area contributed by atoms with Crippen LogP contribution in [-0.2, 0) is 11.8 Å². The molecule has 2 rings (SSSR count). The Kier molecular flexibility index (Phi) is 3.71. The molecule has 0 atom stereocenters. The van der Waals surface area contributed by atoms with E-state index in [1.807, 2.05) is 14.0 Å². The Morgan fingerprint density at radius 1 is 1.44 bits per heavy atom. The van der Waals surface area contributed by atoms with Gasteiger partial charge in [-0.15, -0.1) is 0 Å². The molecule has 0 saturated carbocycles. The second kappa shape index (κ2) is 5.26. The first-order valence-corrected chi connectivity index (χ1v) is 5.99. The van der Waals surface area contributed by atoms with Crippen LogP contribution in [0, 0.1) is 6.92 Å². The molecule has 0 radical (unpaired) electrons. The third-order valence-electron chi connectivity index (χ3n) is 3.08. The molecule has 18 heavy (non-hydrogen) atoms. The SMILES string of the molecule is Cc1nn(C)c(N2CCCOCC2)c1C(N)=NO. The predicted molar refractivity (Wildman–Crippen MR) is 68.1 cm³/mol.